The van der Waals surface area contributed by atoms with Crippen molar-refractivity contribution in [3.05, 3.63) is 28.2 Å². The van der Waals surface area contributed by atoms with Gasteiger partial charge in [-0.3, -0.25) is 4.79 Å². The van der Waals surface area contributed by atoms with Gasteiger partial charge < -0.3 is 9.80 Å². The molecule has 0 saturated carbocycles. The Balaban J connectivity index is 2.16. The molecule has 1 aromatic rings. The van der Waals surface area contributed by atoms with Crippen LogP contribution < -0.4 is 0 Å². The number of hydrogen-bond donors (Lipinski definition) is 1. The Bertz CT molecular complexity index is 466. The molecule has 18 heavy (non-hydrogen) atoms. The van der Waals surface area contributed by atoms with Gasteiger partial charge in [0.15, 0.2) is 0 Å². The molecular weight excluding hydrogens is 312 g/mol. The maximum absolute atomic E-state index is 12.4. The second-order valence-corrected chi connectivity index (χ2v) is 6.14. The van der Waals surface area contributed by atoms with Crippen LogP contribution in [0.2, 0.25) is 0 Å². The normalized spacial score (nSPS) is 21.1. The number of likely N-dealkylation sites (N-methyl/N-ethyl adjacent to an activating group) is 1. The molecule has 5 heteroatoms. The summed E-state index contributed by atoms with van der Waals surface area (Å²) in [5.41, 5.74) is 0.679. The quantitative estimate of drug-likeness (QED) is 0.801. The first-order valence-corrected chi connectivity index (χ1v) is 7.21. The molecule has 0 radical (unpaired) electrons. The molecule has 1 heterocycles. The SMILES string of the molecule is CC1CN(C(=O)c2ccc(Br)cc2S)CCN1C. The average molecular weight is 329 g/mol. The highest BCUT2D eigenvalue weighted by atomic mass is 79.9. The fourth-order valence-corrected chi connectivity index (χ4v) is 2.94. The highest BCUT2D eigenvalue weighted by Gasteiger charge is 2.25. The number of carbonyl (C=O) groups is 1. The standard InChI is InChI=1S/C13H17BrN2OS/c1-9-8-16(6-5-15(9)2)13(17)11-4-3-10(14)7-12(11)18/h3-4,7,9,18H,5-6,8H2,1-2H3. The second-order valence-electron chi connectivity index (χ2n) is 4.74. The molecule has 0 N–H and O–H groups in total. The molecule has 1 saturated heterocycles. The van der Waals surface area contributed by atoms with Crippen molar-refractivity contribution in [1.82, 2.24) is 9.80 Å². The van der Waals surface area contributed by atoms with Gasteiger partial charge in [-0.15, -0.1) is 12.6 Å². The lowest BCUT2D eigenvalue weighted by Gasteiger charge is -2.37. The van der Waals surface area contributed by atoms with E-state index in [4.69, 9.17) is 0 Å². The number of carbonyl (C=O) groups excluding carboxylic acids is 1. The molecule has 1 amide bonds. The summed E-state index contributed by atoms with van der Waals surface area (Å²) in [7, 11) is 2.09. The Morgan fingerprint density at radius 2 is 2.17 bits per heavy atom. The second kappa shape index (κ2) is 5.63. The zero-order chi connectivity index (χ0) is 13.3. The van der Waals surface area contributed by atoms with Crippen LogP contribution in [-0.2, 0) is 0 Å². The molecule has 1 unspecified atom stereocenters. The molecule has 1 atom stereocenters. The molecule has 1 aliphatic heterocycles. The van der Waals surface area contributed by atoms with E-state index in [0.29, 0.717) is 11.6 Å². The van der Waals surface area contributed by atoms with Gasteiger partial charge in [-0.2, -0.15) is 0 Å². The Morgan fingerprint density at radius 3 is 2.78 bits per heavy atom. The van der Waals surface area contributed by atoms with Crippen LogP contribution >= 0.6 is 28.6 Å². The number of halogens is 1. The van der Waals surface area contributed by atoms with Crippen molar-refractivity contribution in [1.29, 1.82) is 0 Å². The van der Waals surface area contributed by atoms with Gasteiger partial charge >= 0.3 is 0 Å². The zero-order valence-electron chi connectivity index (χ0n) is 10.6. The molecule has 2 rings (SSSR count). The van der Waals surface area contributed by atoms with Crippen LogP contribution in [0.4, 0.5) is 0 Å². The molecule has 0 bridgehead atoms. The van der Waals surface area contributed by atoms with Gasteiger partial charge in [0.25, 0.3) is 5.91 Å². The lowest BCUT2D eigenvalue weighted by Crippen LogP contribution is -2.52. The summed E-state index contributed by atoms with van der Waals surface area (Å²) in [5.74, 6) is 0.0763. The fourth-order valence-electron chi connectivity index (χ4n) is 2.09. The topological polar surface area (TPSA) is 23.6 Å². The Kier molecular flexibility index (Phi) is 4.35. The van der Waals surface area contributed by atoms with E-state index in [1.807, 2.05) is 23.1 Å². The van der Waals surface area contributed by atoms with Crippen LogP contribution in [0.5, 0.6) is 0 Å². The van der Waals surface area contributed by atoms with Crippen LogP contribution in [0, 0.1) is 0 Å². The summed E-state index contributed by atoms with van der Waals surface area (Å²) in [4.78, 5) is 17.3. The van der Waals surface area contributed by atoms with E-state index in [2.05, 4.69) is 47.4 Å². The minimum Gasteiger partial charge on any atom is -0.336 e. The van der Waals surface area contributed by atoms with Gasteiger partial charge in [0.1, 0.15) is 0 Å². The van der Waals surface area contributed by atoms with Gasteiger partial charge in [-0.25, -0.2) is 0 Å². The van der Waals surface area contributed by atoms with Gasteiger partial charge in [0.05, 0.1) is 5.56 Å². The molecule has 1 aliphatic rings. The minimum absolute atomic E-state index is 0.0763. The van der Waals surface area contributed by atoms with Crippen molar-refractivity contribution in [2.24, 2.45) is 0 Å². The smallest absolute Gasteiger partial charge is 0.255 e. The summed E-state index contributed by atoms with van der Waals surface area (Å²) >= 11 is 7.76. The summed E-state index contributed by atoms with van der Waals surface area (Å²) in [6.45, 7) is 4.62. The highest BCUT2D eigenvalue weighted by Crippen LogP contribution is 2.22. The highest BCUT2D eigenvalue weighted by molar-refractivity contribution is 9.10. The van der Waals surface area contributed by atoms with Gasteiger partial charge in [-0.05, 0) is 32.2 Å². The first-order chi connectivity index (χ1) is 8.49. The largest absolute Gasteiger partial charge is 0.336 e. The summed E-state index contributed by atoms with van der Waals surface area (Å²) < 4.78 is 0.941. The number of thiol groups is 1. The van der Waals surface area contributed by atoms with E-state index in [1.165, 1.54) is 0 Å². The third-order valence-corrected chi connectivity index (χ3v) is 4.30. The number of rotatable bonds is 1. The summed E-state index contributed by atoms with van der Waals surface area (Å²) in [6.07, 6.45) is 0. The van der Waals surface area contributed by atoms with E-state index in [-0.39, 0.29) is 5.91 Å². The lowest BCUT2D eigenvalue weighted by atomic mass is 10.1. The summed E-state index contributed by atoms with van der Waals surface area (Å²) in [5, 5.41) is 0. The van der Waals surface area contributed by atoms with Crippen LogP contribution in [0.15, 0.2) is 27.6 Å². The molecular formula is C13H17BrN2OS. The predicted octanol–water partition coefficient (Wildman–Crippen LogP) is 2.51. The maximum atomic E-state index is 12.4. The van der Waals surface area contributed by atoms with Crippen LogP contribution in [0.1, 0.15) is 17.3 Å². The molecule has 0 aromatic heterocycles. The van der Waals surface area contributed by atoms with Crippen molar-refractivity contribution >= 4 is 34.5 Å². The Labute approximate surface area is 122 Å². The van der Waals surface area contributed by atoms with Crippen LogP contribution in [0.25, 0.3) is 0 Å². The van der Waals surface area contributed by atoms with E-state index in [1.54, 1.807) is 0 Å². The third-order valence-electron chi connectivity index (χ3n) is 3.44. The fraction of sp³-hybridized carbons (Fsp3) is 0.462. The van der Waals surface area contributed by atoms with Crippen molar-refractivity contribution in [3.8, 4) is 0 Å². The number of piperazine rings is 1. The lowest BCUT2D eigenvalue weighted by molar-refractivity contribution is 0.0569. The molecule has 0 spiro atoms. The van der Waals surface area contributed by atoms with Crippen LogP contribution in [0.3, 0.4) is 0 Å². The van der Waals surface area contributed by atoms with E-state index >= 15 is 0 Å². The van der Waals surface area contributed by atoms with Crippen molar-refractivity contribution in [2.75, 3.05) is 26.7 Å². The van der Waals surface area contributed by atoms with Gasteiger partial charge in [0.2, 0.25) is 0 Å². The van der Waals surface area contributed by atoms with E-state index < -0.39 is 0 Å². The van der Waals surface area contributed by atoms with E-state index in [0.717, 1.165) is 29.0 Å². The monoisotopic (exact) mass is 328 g/mol. The Hall–Kier alpha value is -0.520. The minimum atomic E-state index is 0.0763. The number of nitrogens with zero attached hydrogens (tertiary/aromatic N) is 2. The first kappa shape index (κ1) is 13.9. The summed E-state index contributed by atoms with van der Waals surface area (Å²) in [6, 6.07) is 5.97. The molecule has 0 aliphatic carbocycles. The maximum Gasteiger partial charge on any atom is 0.255 e. The molecule has 98 valence electrons. The number of amides is 1. The zero-order valence-corrected chi connectivity index (χ0v) is 13.0. The van der Waals surface area contributed by atoms with Crippen molar-refractivity contribution in [2.45, 2.75) is 17.9 Å². The van der Waals surface area contributed by atoms with Crippen LogP contribution in [-0.4, -0.2) is 48.4 Å². The molecule has 1 aromatic carbocycles. The molecule has 3 nitrogen and oxygen atoms in total. The average Bonchev–Trinajstić information content (AvgIpc) is 2.32. The van der Waals surface area contributed by atoms with E-state index in [9.17, 15) is 4.79 Å². The Morgan fingerprint density at radius 1 is 1.44 bits per heavy atom. The van der Waals surface area contributed by atoms with Crippen molar-refractivity contribution < 1.29 is 4.79 Å². The van der Waals surface area contributed by atoms with Crippen molar-refractivity contribution in [3.63, 3.8) is 0 Å². The third kappa shape index (κ3) is 2.90. The van der Waals surface area contributed by atoms with Gasteiger partial charge in [0, 0.05) is 35.0 Å². The molecule has 1 fully saturated rings. The van der Waals surface area contributed by atoms with Gasteiger partial charge in [-0.1, -0.05) is 15.9 Å². The number of hydrogen-bond acceptors (Lipinski definition) is 3. The predicted molar refractivity (Wildman–Crippen MR) is 79.4 cm³/mol. The first-order valence-electron chi connectivity index (χ1n) is 5.97. The number of benzene rings is 1.